The number of halogens is 3. The molecule has 2 aromatic carbocycles. The number of Topliss-reactive ketones (excluding diaryl/α,β-unsaturated/α-hetero) is 1. The van der Waals surface area contributed by atoms with Gasteiger partial charge in [0.15, 0.2) is 11.3 Å². The van der Waals surface area contributed by atoms with E-state index in [4.69, 9.17) is 32.2 Å². The fourth-order valence-corrected chi connectivity index (χ4v) is 4.35. The second kappa shape index (κ2) is 15.4. The Labute approximate surface area is 264 Å². The fourth-order valence-electron chi connectivity index (χ4n) is 4.35. The lowest BCUT2D eigenvalue weighted by Gasteiger charge is -2.47. The second-order valence-electron chi connectivity index (χ2n) is 9.96. The minimum Gasteiger partial charge on any atom is -0.480 e. The van der Waals surface area contributed by atoms with Gasteiger partial charge in [-0.15, -0.1) is 0 Å². The smallest absolute Gasteiger partial charge is 0.480 e. The Kier molecular flexibility index (Phi) is 12.3. The van der Waals surface area contributed by atoms with Gasteiger partial charge in [0.1, 0.15) is 18.2 Å². The monoisotopic (exact) mass is 664 g/mol. The maximum atomic E-state index is 13.6. The molecule has 1 aliphatic rings. The lowest BCUT2D eigenvalue weighted by Crippen LogP contribution is -2.73. The Morgan fingerprint density at radius 1 is 0.894 bits per heavy atom. The van der Waals surface area contributed by atoms with E-state index in [0.717, 1.165) is 16.8 Å². The van der Waals surface area contributed by atoms with Crippen LogP contribution in [0, 0.1) is 10.8 Å². The number of nitrogens with zero attached hydrogens (tertiary/aromatic N) is 2. The molecule has 19 heteroatoms. The van der Waals surface area contributed by atoms with Crippen LogP contribution in [0.1, 0.15) is 41.3 Å². The topological polar surface area (TPSA) is 273 Å². The molecule has 0 aliphatic carbocycles. The number of carbonyl (C=O) groups is 6. The van der Waals surface area contributed by atoms with Crippen LogP contribution in [0.25, 0.3) is 0 Å². The lowest BCUT2D eigenvalue weighted by atomic mass is 9.84. The van der Waals surface area contributed by atoms with Crippen molar-refractivity contribution in [2.24, 2.45) is 11.5 Å². The molecule has 16 nitrogen and oxygen atoms in total. The zero-order valence-electron chi connectivity index (χ0n) is 24.7. The molecular formula is C28H31F3N8O8. The molecule has 10 N–H and O–H groups in total. The van der Waals surface area contributed by atoms with E-state index in [1.54, 1.807) is 24.3 Å². The average Bonchev–Trinajstić information content (AvgIpc) is 2.98. The number of rotatable bonds is 11. The number of benzene rings is 2. The Morgan fingerprint density at radius 2 is 1.36 bits per heavy atom. The number of amides is 3. The maximum Gasteiger partial charge on any atom is 0.490 e. The quantitative estimate of drug-likeness (QED) is 0.0931. The number of carboxylic acids is 2. The number of anilines is 1. The summed E-state index contributed by atoms with van der Waals surface area (Å²) in [6.45, 7) is 0.320. The van der Waals surface area contributed by atoms with Gasteiger partial charge in [-0.05, 0) is 49.7 Å². The number of ketones is 1. The van der Waals surface area contributed by atoms with Gasteiger partial charge in [-0.25, -0.2) is 4.79 Å². The van der Waals surface area contributed by atoms with Crippen LogP contribution in [0.5, 0.6) is 0 Å². The Morgan fingerprint density at radius 3 is 1.79 bits per heavy atom. The highest BCUT2D eigenvalue weighted by molar-refractivity contribution is 6.11. The normalized spacial score (nSPS) is 16.3. The molecule has 0 aromatic heterocycles. The highest BCUT2D eigenvalue weighted by atomic mass is 19.4. The first-order valence-electron chi connectivity index (χ1n) is 13.4. The zero-order chi connectivity index (χ0) is 35.7. The molecule has 0 saturated carbocycles. The predicted molar refractivity (Wildman–Crippen MR) is 158 cm³/mol. The van der Waals surface area contributed by atoms with Crippen LogP contribution < -0.4 is 22.2 Å². The Bertz CT molecular complexity index is 1560. The third-order valence-corrected chi connectivity index (χ3v) is 6.73. The van der Waals surface area contributed by atoms with Gasteiger partial charge in [-0.2, -0.15) is 18.2 Å². The van der Waals surface area contributed by atoms with Crippen molar-refractivity contribution in [3.63, 3.8) is 0 Å². The third-order valence-electron chi connectivity index (χ3n) is 6.73. The van der Waals surface area contributed by atoms with Gasteiger partial charge in [0.25, 0.3) is 11.8 Å². The number of nitrogens with one attached hydrogen (secondary N) is 4. The summed E-state index contributed by atoms with van der Waals surface area (Å²) in [5.41, 5.74) is 12.8. The summed E-state index contributed by atoms with van der Waals surface area (Å²) in [7, 11) is 0. The number of carbonyl (C=O) groups excluding carboxylic acids is 4. The summed E-state index contributed by atoms with van der Waals surface area (Å²) in [5.74, 6) is -7.08. The largest absolute Gasteiger partial charge is 0.490 e. The lowest BCUT2D eigenvalue weighted by molar-refractivity contribution is -0.192. The standard InChI is InChI=1S/C26H30N8O6.C2HF3O2/c1-15(35)26(11-10-20(36)31-19-8-6-17(7-9-19)23(29)30)25(40)33(14-21(37)38)12-13-34(26)32-24(39)18-4-2-16(3-5-18)22(27)28;3-2(4,5)1(6)7/h2-9H,10-14H2,1H3,(H3,27,28)(H3,29,30)(H,31,36)(H,32,39)(H,37,38);(H,6,7)/t26-;/m0./s1. The van der Waals surface area contributed by atoms with Gasteiger partial charge in [-0.3, -0.25) is 40.2 Å². The van der Waals surface area contributed by atoms with Crippen molar-refractivity contribution in [2.45, 2.75) is 31.5 Å². The van der Waals surface area contributed by atoms with E-state index >= 15 is 0 Å². The van der Waals surface area contributed by atoms with Crippen LogP contribution in [0.4, 0.5) is 18.9 Å². The molecule has 252 valence electrons. The molecule has 0 radical (unpaired) electrons. The number of hydrazine groups is 1. The summed E-state index contributed by atoms with van der Waals surface area (Å²) in [4.78, 5) is 73.8. The first-order chi connectivity index (χ1) is 21.8. The number of piperazine rings is 1. The van der Waals surface area contributed by atoms with Crippen LogP contribution >= 0.6 is 0 Å². The van der Waals surface area contributed by atoms with E-state index in [2.05, 4.69) is 10.7 Å². The number of hydrogen-bond acceptors (Lipinski definition) is 9. The van der Waals surface area contributed by atoms with Crippen molar-refractivity contribution in [3.05, 3.63) is 65.2 Å². The van der Waals surface area contributed by atoms with E-state index < -0.39 is 53.7 Å². The first kappa shape index (κ1) is 37.3. The van der Waals surface area contributed by atoms with Gasteiger partial charge in [0.05, 0.1) is 0 Å². The summed E-state index contributed by atoms with van der Waals surface area (Å²) in [5, 5.41) is 35.1. The van der Waals surface area contributed by atoms with E-state index in [1.165, 1.54) is 24.3 Å². The number of carboxylic acid groups (broad SMARTS) is 2. The minimum absolute atomic E-state index is 0.0794. The van der Waals surface area contributed by atoms with E-state index in [-0.39, 0.29) is 43.2 Å². The molecule has 1 heterocycles. The van der Waals surface area contributed by atoms with E-state index in [9.17, 15) is 42.3 Å². The third kappa shape index (κ3) is 9.82. The number of aliphatic carboxylic acids is 2. The van der Waals surface area contributed by atoms with Crippen LogP contribution in [-0.2, 0) is 24.0 Å². The maximum absolute atomic E-state index is 13.6. The van der Waals surface area contributed by atoms with Crippen molar-refractivity contribution >= 4 is 52.8 Å². The second-order valence-corrected chi connectivity index (χ2v) is 9.96. The van der Waals surface area contributed by atoms with E-state index in [0.29, 0.717) is 16.8 Å². The van der Waals surface area contributed by atoms with Gasteiger partial charge < -0.3 is 31.9 Å². The number of nitrogens with two attached hydrogens (primary N) is 2. The van der Waals surface area contributed by atoms with Crippen molar-refractivity contribution in [3.8, 4) is 0 Å². The number of hydrogen-bond donors (Lipinski definition) is 8. The summed E-state index contributed by atoms with van der Waals surface area (Å²) in [6, 6.07) is 12.0. The van der Waals surface area contributed by atoms with Gasteiger partial charge in [0.2, 0.25) is 5.91 Å². The van der Waals surface area contributed by atoms with Crippen molar-refractivity contribution < 1.29 is 52.2 Å². The molecular weight excluding hydrogens is 633 g/mol. The minimum atomic E-state index is -5.08. The molecule has 2 aromatic rings. The highest BCUT2D eigenvalue weighted by Gasteiger charge is 2.54. The number of amidine groups is 2. The molecule has 1 atom stereocenters. The Balaban J connectivity index is 0.000000984. The molecule has 1 saturated heterocycles. The van der Waals surface area contributed by atoms with Crippen LogP contribution in [0.15, 0.2) is 48.5 Å². The SMILES string of the molecule is CC(=O)[C@@]1(CCC(=O)Nc2ccc(C(=N)N)cc2)C(=O)N(CC(=O)O)CCN1NC(=O)c1ccc(C(=N)N)cc1.O=C(O)C(F)(F)F. The molecule has 3 amide bonds. The number of alkyl halides is 3. The van der Waals surface area contributed by atoms with Crippen LogP contribution in [0.2, 0.25) is 0 Å². The van der Waals surface area contributed by atoms with Crippen LogP contribution in [0.3, 0.4) is 0 Å². The van der Waals surface area contributed by atoms with E-state index in [1.807, 2.05) is 0 Å². The molecule has 47 heavy (non-hydrogen) atoms. The molecule has 3 rings (SSSR count). The number of nitrogen functional groups attached to an aromatic ring is 2. The molecule has 0 bridgehead atoms. The molecule has 0 spiro atoms. The van der Waals surface area contributed by atoms with Crippen molar-refractivity contribution in [2.75, 3.05) is 25.0 Å². The average molecular weight is 665 g/mol. The van der Waals surface area contributed by atoms with Gasteiger partial charge >= 0.3 is 18.1 Å². The Hall–Kier alpha value is -5.85. The van der Waals surface area contributed by atoms with Crippen molar-refractivity contribution in [1.29, 1.82) is 10.8 Å². The summed E-state index contributed by atoms with van der Waals surface area (Å²) < 4.78 is 31.7. The molecule has 0 unspecified atom stereocenters. The van der Waals surface area contributed by atoms with Gasteiger partial charge in [-0.1, -0.05) is 12.1 Å². The summed E-state index contributed by atoms with van der Waals surface area (Å²) >= 11 is 0. The molecule has 1 fully saturated rings. The predicted octanol–water partition coefficient (Wildman–Crippen LogP) is 0.508. The first-order valence-corrected chi connectivity index (χ1v) is 13.4. The highest BCUT2D eigenvalue weighted by Crippen LogP contribution is 2.29. The fraction of sp³-hybridized carbons (Fsp3) is 0.286. The van der Waals surface area contributed by atoms with Crippen LogP contribution in [-0.4, -0.2) is 98.6 Å². The summed E-state index contributed by atoms with van der Waals surface area (Å²) in [6.07, 6.45) is -5.75. The van der Waals surface area contributed by atoms with Gasteiger partial charge in [0, 0.05) is 41.9 Å². The van der Waals surface area contributed by atoms with Crippen molar-refractivity contribution in [1.82, 2.24) is 15.3 Å². The zero-order valence-corrected chi connectivity index (χ0v) is 24.7. The molecule has 1 aliphatic heterocycles.